The maximum atomic E-state index is 6.29. The third kappa shape index (κ3) is 4.01. The molecule has 1 heterocycles. The average molecular weight is 429 g/mol. The Kier molecular flexibility index (Phi) is 4.73. The smallest absolute Gasteiger partial charge is 0.225 e. The van der Waals surface area contributed by atoms with Crippen molar-refractivity contribution in [2.24, 2.45) is 0 Å². The number of anilines is 3. The van der Waals surface area contributed by atoms with Gasteiger partial charge in [0.2, 0.25) is 5.95 Å². The summed E-state index contributed by atoms with van der Waals surface area (Å²) in [6.45, 7) is 4.16. The van der Waals surface area contributed by atoms with E-state index in [1.54, 1.807) is 0 Å². The van der Waals surface area contributed by atoms with Gasteiger partial charge in [-0.05, 0) is 67.5 Å². The van der Waals surface area contributed by atoms with Crippen LogP contribution in [0.5, 0.6) is 0 Å². The molecule has 0 unspecified atom stereocenters. The second-order valence-corrected chi connectivity index (χ2v) is 7.48. The van der Waals surface area contributed by atoms with Crippen LogP contribution in [0.3, 0.4) is 0 Å². The molecule has 0 spiro atoms. The Morgan fingerprint density at radius 3 is 2.64 bits per heavy atom. The normalized spacial score (nSPS) is 14.2. The molecule has 116 valence electrons. The summed E-state index contributed by atoms with van der Waals surface area (Å²) in [4.78, 5) is 9.17. The maximum absolute atomic E-state index is 6.29. The predicted molar refractivity (Wildman–Crippen MR) is 100 cm³/mol. The van der Waals surface area contributed by atoms with Crippen LogP contribution in [-0.4, -0.2) is 16.0 Å². The van der Waals surface area contributed by atoms with Gasteiger partial charge in [-0.2, -0.15) is 4.98 Å². The standard InChI is InChI=1S/C16H18ClIN4/c1-9(2)19-16-21-14(10-3-4-10)8-15(22-16)20-13-6-5-11(18)7-12(13)17/h5-10H,3-4H2,1-2H3,(H2,19,20,21,22). The van der Waals surface area contributed by atoms with Gasteiger partial charge in [-0.15, -0.1) is 0 Å². The molecule has 2 N–H and O–H groups in total. The number of nitrogens with one attached hydrogen (secondary N) is 2. The monoisotopic (exact) mass is 428 g/mol. The SMILES string of the molecule is CC(C)Nc1nc(Nc2ccc(I)cc2Cl)cc(C2CC2)n1. The number of hydrogen-bond donors (Lipinski definition) is 2. The summed E-state index contributed by atoms with van der Waals surface area (Å²) in [6, 6.07) is 8.24. The molecule has 22 heavy (non-hydrogen) atoms. The zero-order valence-corrected chi connectivity index (χ0v) is 15.4. The molecule has 1 saturated carbocycles. The van der Waals surface area contributed by atoms with Crippen LogP contribution in [-0.2, 0) is 0 Å². The van der Waals surface area contributed by atoms with Crippen molar-refractivity contribution in [2.75, 3.05) is 10.6 Å². The number of benzene rings is 1. The molecule has 1 aliphatic rings. The van der Waals surface area contributed by atoms with E-state index in [4.69, 9.17) is 11.6 Å². The Labute approximate surface area is 149 Å². The molecule has 6 heteroatoms. The van der Waals surface area contributed by atoms with Crippen LogP contribution in [0.2, 0.25) is 5.02 Å². The first kappa shape index (κ1) is 15.8. The largest absolute Gasteiger partial charge is 0.352 e. The summed E-state index contributed by atoms with van der Waals surface area (Å²) in [5, 5.41) is 7.28. The van der Waals surface area contributed by atoms with Crippen LogP contribution in [0.15, 0.2) is 24.3 Å². The first-order valence-electron chi connectivity index (χ1n) is 7.39. The van der Waals surface area contributed by atoms with E-state index < -0.39 is 0 Å². The molecule has 1 aliphatic carbocycles. The molecule has 1 aromatic heterocycles. The average Bonchev–Trinajstić information content (AvgIpc) is 3.25. The minimum Gasteiger partial charge on any atom is -0.352 e. The van der Waals surface area contributed by atoms with Gasteiger partial charge in [-0.1, -0.05) is 11.6 Å². The third-order valence-corrected chi connectivity index (χ3v) is 4.34. The van der Waals surface area contributed by atoms with Crippen molar-refractivity contribution in [3.05, 3.63) is 38.6 Å². The fourth-order valence-electron chi connectivity index (χ4n) is 2.17. The van der Waals surface area contributed by atoms with E-state index in [0.29, 0.717) is 22.9 Å². The molecular weight excluding hydrogens is 411 g/mol. The number of hydrogen-bond acceptors (Lipinski definition) is 4. The van der Waals surface area contributed by atoms with Crippen molar-refractivity contribution in [3.63, 3.8) is 0 Å². The van der Waals surface area contributed by atoms with Gasteiger partial charge in [-0.25, -0.2) is 4.98 Å². The van der Waals surface area contributed by atoms with Crippen LogP contribution in [0, 0.1) is 3.57 Å². The Bertz CT molecular complexity index is 686. The van der Waals surface area contributed by atoms with Crippen LogP contribution >= 0.6 is 34.2 Å². The van der Waals surface area contributed by atoms with Crippen molar-refractivity contribution in [1.29, 1.82) is 0 Å². The quantitative estimate of drug-likeness (QED) is 0.645. The van der Waals surface area contributed by atoms with Crippen molar-refractivity contribution >= 4 is 51.6 Å². The first-order chi connectivity index (χ1) is 10.5. The van der Waals surface area contributed by atoms with Crippen LogP contribution in [0.25, 0.3) is 0 Å². The van der Waals surface area contributed by atoms with Gasteiger partial charge in [0.05, 0.1) is 16.4 Å². The van der Waals surface area contributed by atoms with Crippen molar-refractivity contribution in [3.8, 4) is 0 Å². The highest BCUT2D eigenvalue weighted by atomic mass is 127. The van der Waals surface area contributed by atoms with Crippen LogP contribution < -0.4 is 10.6 Å². The minimum atomic E-state index is 0.296. The molecule has 0 saturated heterocycles. The van der Waals surface area contributed by atoms with Gasteiger partial charge in [0.15, 0.2) is 0 Å². The Morgan fingerprint density at radius 1 is 1.23 bits per heavy atom. The lowest BCUT2D eigenvalue weighted by atomic mass is 10.2. The van der Waals surface area contributed by atoms with E-state index in [1.165, 1.54) is 12.8 Å². The fraction of sp³-hybridized carbons (Fsp3) is 0.375. The first-order valence-corrected chi connectivity index (χ1v) is 8.84. The van der Waals surface area contributed by atoms with Crippen molar-refractivity contribution in [2.45, 2.75) is 38.6 Å². The molecule has 0 bridgehead atoms. The van der Waals surface area contributed by atoms with E-state index in [0.717, 1.165) is 20.8 Å². The summed E-state index contributed by atoms with van der Waals surface area (Å²) in [5.41, 5.74) is 1.96. The minimum absolute atomic E-state index is 0.296. The highest BCUT2D eigenvalue weighted by Crippen LogP contribution is 2.40. The Balaban J connectivity index is 1.89. The van der Waals surface area contributed by atoms with Crippen LogP contribution in [0.1, 0.15) is 38.3 Å². The molecule has 0 aliphatic heterocycles. The van der Waals surface area contributed by atoms with E-state index in [9.17, 15) is 0 Å². The molecule has 0 amide bonds. The third-order valence-electron chi connectivity index (χ3n) is 3.35. The summed E-state index contributed by atoms with van der Waals surface area (Å²) in [6.07, 6.45) is 2.42. The number of halogens is 2. The summed E-state index contributed by atoms with van der Waals surface area (Å²) < 4.78 is 1.11. The van der Waals surface area contributed by atoms with E-state index in [2.05, 4.69) is 57.0 Å². The van der Waals surface area contributed by atoms with Gasteiger partial charge in [0.1, 0.15) is 5.82 Å². The molecule has 0 radical (unpaired) electrons. The lowest BCUT2D eigenvalue weighted by molar-refractivity contribution is 0.864. The van der Waals surface area contributed by atoms with Crippen molar-refractivity contribution in [1.82, 2.24) is 9.97 Å². The van der Waals surface area contributed by atoms with E-state index >= 15 is 0 Å². The lowest BCUT2D eigenvalue weighted by Gasteiger charge is -2.13. The second kappa shape index (κ2) is 6.58. The molecular formula is C16H18ClIN4. The highest BCUT2D eigenvalue weighted by molar-refractivity contribution is 14.1. The molecule has 1 fully saturated rings. The topological polar surface area (TPSA) is 49.8 Å². The van der Waals surface area contributed by atoms with Gasteiger partial charge in [-0.3, -0.25) is 0 Å². The van der Waals surface area contributed by atoms with Gasteiger partial charge < -0.3 is 10.6 Å². The molecule has 2 aromatic rings. The molecule has 1 aromatic carbocycles. The zero-order valence-electron chi connectivity index (χ0n) is 12.5. The van der Waals surface area contributed by atoms with E-state index in [1.807, 2.05) is 24.3 Å². The summed E-state index contributed by atoms with van der Waals surface area (Å²) in [7, 11) is 0. The Morgan fingerprint density at radius 2 is 2.00 bits per heavy atom. The fourth-order valence-corrected chi connectivity index (χ4v) is 3.07. The summed E-state index contributed by atoms with van der Waals surface area (Å²) in [5.74, 6) is 2.02. The zero-order chi connectivity index (χ0) is 15.7. The summed E-state index contributed by atoms with van der Waals surface area (Å²) >= 11 is 8.54. The lowest BCUT2D eigenvalue weighted by Crippen LogP contribution is -2.14. The van der Waals surface area contributed by atoms with Gasteiger partial charge in [0, 0.05) is 21.6 Å². The predicted octanol–water partition coefficient (Wildman–Crippen LogP) is 5.18. The van der Waals surface area contributed by atoms with Crippen molar-refractivity contribution < 1.29 is 0 Å². The number of nitrogens with zero attached hydrogens (tertiary/aromatic N) is 2. The molecule has 3 rings (SSSR count). The van der Waals surface area contributed by atoms with Gasteiger partial charge in [0.25, 0.3) is 0 Å². The van der Waals surface area contributed by atoms with E-state index in [-0.39, 0.29) is 0 Å². The Hall–Kier alpha value is -1.08. The highest BCUT2D eigenvalue weighted by Gasteiger charge is 2.26. The number of rotatable bonds is 5. The second-order valence-electron chi connectivity index (χ2n) is 5.82. The van der Waals surface area contributed by atoms with Crippen LogP contribution in [0.4, 0.5) is 17.5 Å². The molecule has 0 atom stereocenters. The number of aromatic nitrogens is 2. The molecule has 4 nitrogen and oxygen atoms in total. The van der Waals surface area contributed by atoms with Gasteiger partial charge >= 0.3 is 0 Å². The maximum Gasteiger partial charge on any atom is 0.225 e.